The lowest BCUT2D eigenvalue weighted by atomic mass is 10.1. The van der Waals surface area contributed by atoms with E-state index in [2.05, 4.69) is 23.4 Å². The van der Waals surface area contributed by atoms with Gasteiger partial charge >= 0.3 is 0 Å². The number of aromatic nitrogens is 2. The van der Waals surface area contributed by atoms with E-state index in [1.165, 1.54) is 0 Å². The molecule has 0 spiro atoms. The molecule has 2 aromatic heterocycles. The predicted octanol–water partition coefficient (Wildman–Crippen LogP) is 4.87. The van der Waals surface area contributed by atoms with Crippen molar-refractivity contribution in [3.05, 3.63) is 78.4 Å². The second kappa shape index (κ2) is 8.00. The van der Waals surface area contributed by atoms with E-state index in [4.69, 9.17) is 9.15 Å². The van der Waals surface area contributed by atoms with Crippen molar-refractivity contribution in [1.82, 2.24) is 9.78 Å². The number of carbonyl (C=O) groups excluding carboxylic acids is 1. The molecule has 0 fully saturated rings. The highest BCUT2D eigenvalue weighted by molar-refractivity contribution is 6.01. The van der Waals surface area contributed by atoms with Gasteiger partial charge in [-0.25, -0.2) is 4.68 Å². The summed E-state index contributed by atoms with van der Waals surface area (Å²) in [5.74, 6) is 1.92. The topological polar surface area (TPSA) is 69.3 Å². The van der Waals surface area contributed by atoms with Gasteiger partial charge in [-0.05, 0) is 41.5 Å². The van der Waals surface area contributed by atoms with Gasteiger partial charge in [0.2, 0.25) is 0 Å². The minimum Gasteiger partial charge on any atom is -0.486 e. The van der Waals surface area contributed by atoms with Crippen molar-refractivity contribution in [1.29, 1.82) is 0 Å². The van der Waals surface area contributed by atoms with Crippen molar-refractivity contribution in [3.8, 4) is 5.75 Å². The fraction of sp³-hybridized carbons (Fsp3) is 0.182. The summed E-state index contributed by atoms with van der Waals surface area (Å²) in [7, 11) is 0. The van der Waals surface area contributed by atoms with E-state index in [0.717, 1.165) is 29.5 Å². The zero-order valence-corrected chi connectivity index (χ0v) is 15.6. The number of aryl methyl sites for hydroxylation is 1. The van der Waals surface area contributed by atoms with Crippen LogP contribution in [-0.2, 0) is 13.2 Å². The molecule has 0 aliphatic carbocycles. The van der Waals surface area contributed by atoms with Gasteiger partial charge < -0.3 is 14.5 Å². The van der Waals surface area contributed by atoms with Gasteiger partial charge in [0.15, 0.2) is 5.76 Å². The maximum Gasteiger partial charge on any atom is 0.292 e. The molecule has 0 saturated carbocycles. The summed E-state index contributed by atoms with van der Waals surface area (Å²) in [5, 5.41) is 9.29. The predicted molar refractivity (Wildman–Crippen MR) is 107 cm³/mol. The summed E-state index contributed by atoms with van der Waals surface area (Å²) in [6, 6.07) is 19.2. The molecular formula is C22H21N3O3. The average molecular weight is 375 g/mol. The molecule has 2 heterocycles. The number of furan rings is 1. The molecule has 4 aromatic rings. The normalized spacial score (nSPS) is 10.9. The van der Waals surface area contributed by atoms with E-state index < -0.39 is 0 Å². The standard InChI is InChI=1S/C22H21N3O3/c1-2-13-25-21(11-12-23-25)24-22(26)20-10-9-19(28-20)15-27-18-8-7-16-5-3-4-6-17(16)14-18/h3-12,14H,2,13,15H2,1H3,(H,24,26). The molecule has 28 heavy (non-hydrogen) atoms. The first-order valence-electron chi connectivity index (χ1n) is 9.26. The Bertz CT molecular complexity index is 1100. The molecule has 0 radical (unpaired) electrons. The summed E-state index contributed by atoms with van der Waals surface area (Å²) < 4.78 is 13.2. The van der Waals surface area contributed by atoms with Crippen molar-refractivity contribution in [2.75, 3.05) is 5.32 Å². The van der Waals surface area contributed by atoms with Crippen LogP contribution in [0.5, 0.6) is 5.75 Å². The lowest BCUT2D eigenvalue weighted by Crippen LogP contribution is -2.15. The van der Waals surface area contributed by atoms with Crippen molar-refractivity contribution in [2.24, 2.45) is 0 Å². The number of anilines is 1. The molecule has 6 nitrogen and oxygen atoms in total. The summed E-state index contributed by atoms with van der Waals surface area (Å²) in [4.78, 5) is 12.4. The molecule has 0 bridgehead atoms. The molecule has 4 rings (SSSR count). The molecule has 1 amide bonds. The van der Waals surface area contributed by atoms with Gasteiger partial charge in [-0.3, -0.25) is 4.79 Å². The third kappa shape index (κ3) is 3.91. The van der Waals surface area contributed by atoms with Crippen molar-refractivity contribution >= 4 is 22.5 Å². The Hall–Kier alpha value is -3.54. The number of benzene rings is 2. The minimum absolute atomic E-state index is 0.237. The molecule has 0 atom stereocenters. The molecule has 142 valence electrons. The Morgan fingerprint density at radius 3 is 2.82 bits per heavy atom. The van der Waals surface area contributed by atoms with Crippen LogP contribution < -0.4 is 10.1 Å². The maximum atomic E-state index is 12.4. The Kier molecular flexibility index (Phi) is 5.10. The van der Waals surface area contributed by atoms with Gasteiger partial charge in [-0.2, -0.15) is 5.10 Å². The molecule has 1 N–H and O–H groups in total. The van der Waals surface area contributed by atoms with Crippen LogP contribution >= 0.6 is 0 Å². The first-order valence-corrected chi connectivity index (χ1v) is 9.26. The number of fused-ring (bicyclic) bond motifs is 1. The second-order valence-corrected chi connectivity index (χ2v) is 6.46. The maximum absolute atomic E-state index is 12.4. The number of nitrogens with zero attached hydrogens (tertiary/aromatic N) is 2. The lowest BCUT2D eigenvalue weighted by Gasteiger charge is -2.07. The van der Waals surface area contributed by atoms with E-state index in [0.29, 0.717) is 11.6 Å². The van der Waals surface area contributed by atoms with Crippen LogP contribution in [0.3, 0.4) is 0 Å². The van der Waals surface area contributed by atoms with E-state index in [9.17, 15) is 4.79 Å². The van der Waals surface area contributed by atoms with Gasteiger partial charge in [0, 0.05) is 12.6 Å². The van der Waals surface area contributed by atoms with Crippen molar-refractivity contribution in [2.45, 2.75) is 26.5 Å². The summed E-state index contributed by atoms with van der Waals surface area (Å²) >= 11 is 0. The molecule has 0 aliphatic heterocycles. The van der Waals surface area contributed by atoms with Gasteiger partial charge in [-0.15, -0.1) is 0 Å². The third-order valence-corrected chi connectivity index (χ3v) is 4.38. The van der Waals surface area contributed by atoms with Crippen LogP contribution in [0, 0.1) is 0 Å². The Balaban J connectivity index is 1.39. The minimum atomic E-state index is -0.310. The number of hydrogen-bond donors (Lipinski definition) is 1. The lowest BCUT2D eigenvalue weighted by molar-refractivity contribution is 0.0991. The smallest absolute Gasteiger partial charge is 0.292 e. The molecular weight excluding hydrogens is 354 g/mol. The summed E-state index contributed by atoms with van der Waals surface area (Å²) in [6.07, 6.45) is 2.60. The monoisotopic (exact) mass is 375 g/mol. The highest BCUT2D eigenvalue weighted by Gasteiger charge is 2.14. The first kappa shape index (κ1) is 17.9. The molecule has 0 saturated heterocycles. The van der Waals surface area contributed by atoms with Crippen LogP contribution in [-0.4, -0.2) is 15.7 Å². The molecule has 2 aromatic carbocycles. The Morgan fingerprint density at radius 2 is 1.96 bits per heavy atom. The van der Waals surface area contributed by atoms with Crippen LogP contribution in [0.4, 0.5) is 5.82 Å². The highest BCUT2D eigenvalue weighted by Crippen LogP contribution is 2.22. The second-order valence-electron chi connectivity index (χ2n) is 6.46. The SMILES string of the molecule is CCCn1nccc1NC(=O)c1ccc(COc2ccc3ccccc3c2)o1. The fourth-order valence-electron chi connectivity index (χ4n) is 3.00. The Morgan fingerprint density at radius 1 is 1.11 bits per heavy atom. The van der Waals surface area contributed by atoms with E-state index in [-0.39, 0.29) is 18.3 Å². The van der Waals surface area contributed by atoms with Gasteiger partial charge in [0.1, 0.15) is 23.9 Å². The number of ether oxygens (including phenoxy) is 1. The molecule has 0 aliphatic rings. The van der Waals surface area contributed by atoms with Crippen LogP contribution in [0.25, 0.3) is 10.8 Å². The zero-order chi connectivity index (χ0) is 19.3. The fourth-order valence-corrected chi connectivity index (χ4v) is 3.00. The van der Waals surface area contributed by atoms with Gasteiger partial charge in [-0.1, -0.05) is 37.3 Å². The molecule has 6 heteroatoms. The number of hydrogen-bond acceptors (Lipinski definition) is 4. The first-order chi connectivity index (χ1) is 13.7. The average Bonchev–Trinajstić information content (AvgIpc) is 3.36. The third-order valence-electron chi connectivity index (χ3n) is 4.38. The number of nitrogens with one attached hydrogen (secondary N) is 1. The number of carbonyl (C=O) groups is 1. The van der Waals surface area contributed by atoms with Crippen molar-refractivity contribution < 1.29 is 13.9 Å². The van der Waals surface area contributed by atoms with E-state index in [1.807, 2.05) is 36.4 Å². The van der Waals surface area contributed by atoms with Crippen molar-refractivity contribution in [3.63, 3.8) is 0 Å². The quantitative estimate of drug-likeness (QED) is 0.500. The van der Waals surface area contributed by atoms with Gasteiger partial charge in [0.25, 0.3) is 5.91 Å². The van der Waals surface area contributed by atoms with E-state index >= 15 is 0 Å². The summed E-state index contributed by atoms with van der Waals surface area (Å²) in [5.41, 5.74) is 0. The summed E-state index contributed by atoms with van der Waals surface area (Å²) in [6.45, 7) is 3.05. The van der Waals surface area contributed by atoms with Crippen LogP contribution in [0.15, 0.2) is 71.3 Å². The Labute approximate surface area is 162 Å². The van der Waals surface area contributed by atoms with Gasteiger partial charge in [0.05, 0.1) is 6.20 Å². The van der Waals surface area contributed by atoms with Crippen LogP contribution in [0.2, 0.25) is 0 Å². The van der Waals surface area contributed by atoms with Crippen LogP contribution in [0.1, 0.15) is 29.7 Å². The largest absolute Gasteiger partial charge is 0.486 e. The molecule has 0 unspecified atom stereocenters. The number of amides is 1. The van der Waals surface area contributed by atoms with E-state index in [1.54, 1.807) is 29.1 Å². The number of rotatable bonds is 7. The zero-order valence-electron chi connectivity index (χ0n) is 15.6. The highest BCUT2D eigenvalue weighted by atomic mass is 16.5.